The summed E-state index contributed by atoms with van der Waals surface area (Å²) in [5.41, 5.74) is 2.53. The third-order valence-electron chi connectivity index (χ3n) is 4.09. The van der Waals surface area contributed by atoms with Crippen LogP contribution in [0, 0.1) is 11.8 Å². The average molecular weight is 361 g/mol. The summed E-state index contributed by atoms with van der Waals surface area (Å²) < 4.78 is 15.9. The van der Waals surface area contributed by atoms with Crippen LogP contribution >= 0.6 is 0 Å². The van der Waals surface area contributed by atoms with Crippen LogP contribution in [0.15, 0.2) is 72.8 Å². The van der Waals surface area contributed by atoms with E-state index in [1.54, 1.807) is 20.3 Å². The van der Waals surface area contributed by atoms with Gasteiger partial charge in [0.2, 0.25) is 0 Å². The third-order valence-corrected chi connectivity index (χ3v) is 4.09. The van der Waals surface area contributed by atoms with Gasteiger partial charge in [0.25, 0.3) is 0 Å². The van der Waals surface area contributed by atoms with E-state index >= 15 is 0 Å². The Bertz CT molecular complexity index is 550. The Kier molecular flexibility index (Phi) is 12.2. The summed E-state index contributed by atoms with van der Waals surface area (Å²) in [5, 5.41) is 0. The smallest absolute Gasteiger partial charge is 0.130 e. The van der Waals surface area contributed by atoms with Crippen LogP contribution < -0.4 is 0 Å². The van der Waals surface area contributed by atoms with Gasteiger partial charge < -0.3 is 14.2 Å². The number of rotatable bonds is 14. The molecule has 0 heterocycles. The number of hydrogen-bond donors (Lipinski definition) is 0. The van der Waals surface area contributed by atoms with E-state index in [2.05, 4.69) is 47.1 Å². The zero-order valence-electron chi connectivity index (χ0n) is 17.3. The Labute approximate surface area is 160 Å². The van der Waals surface area contributed by atoms with Gasteiger partial charge in [0.05, 0.1) is 13.7 Å². The second-order valence-corrected chi connectivity index (χ2v) is 6.80. The SMILES string of the molecule is C=C(/C=C(/OCCOC)C(=C)C(=C)/C=C\C(=C)C(C)CCC(C)C)OC. The highest BCUT2D eigenvalue weighted by Gasteiger charge is 2.09. The minimum absolute atomic E-state index is 0.411. The van der Waals surface area contributed by atoms with Gasteiger partial charge in [-0.25, -0.2) is 0 Å². The highest BCUT2D eigenvalue weighted by molar-refractivity contribution is 5.48. The van der Waals surface area contributed by atoms with Gasteiger partial charge in [0.15, 0.2) is 0 Å². The summed E-state index contributed by atoms with van der Waals surface area (Å²) in [6.45, 7) is 23.7. The largest absolute Gasteiger partial charge is 0.497 e. The van der Waals surface area contributed by atoms with Gasteiger partial charge in [-0.05, 0) is 23.8 Å². The van der Waals surface area contributed by atoms with Crippen molar-refractivity contribution in [3.8, 4) is 0 Å². The molecule has 1 atom stereocenters. The predicted octanol–water partition coefficient (Wildman–Crippen LogP) is 5.99. The molecule has 146 valence electrons. The minimum Gasteiger partial charge on any atom is -0.497 e. The monoisotopic (exact) mass is 360 g/mol. The topological polar surface area (TPSA) is 27.7 Å². The lowest BCUT2D eigenvalue weighted by molar-refractivity contribution is 0.112. The summed E-state index contributed by atoms with van der Waals surface area (Å²) in [7, 11) is 3.19. The standard InChI is InChI=1S/C23H36O3/c1-17(2)10-11-18(3)19(4)12-13-20(5)22(7)23(16-21(6)25-9)26-15-14-24-8/h12-13,16-18H,4-7,10-11,14-15H2,1-3,8-9H3/b13-12-,23-16+. The quantitative estimate of drug-likeness (QED) is 0.216. The average Bonchev–Trinajstić information content (AvgIpc) is 2.62. The first-order chi connectivity index (χ1) is 12.2. The van der Waals surface area contributed by atoms with Gasteiger partial charge in [-0.1, -0.05) is 71.2 Å². The number of ether oxygens (including phenoxy) is 3. The van der Waals surface area contributed by atoms with Gasteiger partial charge >= 0.3 is 0 Å². The molecule has 3 nitrogen and oxygen atoms in total. The Morgan fingerprint density at radius 2 is 1.58 bits per heavy atom. The molecule has 0 saturated carbocycles. The highest BCUT2D eigenvalue weighted by atomic mass is 16.5. The summed E-state index contributed by atoms with van der Waals surface area (Å²) >= 11 is 0. The molecule has 0 aromatic carbocycles. The molecular formula is C23H36O3. The first-order valence-corrected chi connectivity index (χ1v) is 9.04. The fraction of sp³-hybridized carbons (Fsp3) is 0.478. The first kappa shape index (κ1) is 24.0. The molecule has 3 heteroatoms. The molecule has 0 aliphatic carbocycles. The Morgan fingerprint density at radius 3 is 2.12 bits per heavy atom. The van der Waals surface area contributed by atoms with Gasteiger partial charge in [-0.2, -0.15) is 0 Å². The minimum atomic E-state index is 0.411. The normalized spacial score (nSPS) is 12.9. The lowest BCUT2D eigenvalue weighted by Gasteiger charge is -2.15. The van der Waals surface area contributed by atoms with Crippen LogP contribution in [0.4, 0.5) is 0 Å². The van der Waals surface area contributed by atoms with E-state index in [4.69, 9.17) is 14.2 Å². The Balaban J connectivity index is 4.95. The maximum absolute atomic E-state index is 5.74. The molecule has 0 saturated heterocycles. The molecule has 0 spiro atoms. The predicted molar refractivity (Wildman–Crippen MR) is 112 cm³/mol. The first-order valence-electron chi connectivity index (χ1n) is 9.04. The van der Waals surface area contributed by atoms with Crippen molar-refractivity contribution in [3.63, 3.8) is 0 Å². The Morgan fingerprint density at radius 1 is 0.923 bits per heavy atom. The van der Waals surface area contributed by atoms with E-state index in [-0.39, 0.29) is 0 Å². The summed E-state index contributed by atoms with van der Waals surface area (Å²) in [6, 6.07) is 0. The van der Waals surface area contributed by atoms with Crippen molar-refractivity contribution in [1.29, 1.82) is 0 Å². The molecule has 0 aliphatic rings. The lowest BCUT2D eigenvalue weighted by Crippen LogP contribution is -2.05. The molecule has 0 aromatic heterocycles. The van der Waals surface area contributed by atoms with Crippen LogP contribution in [0.1, 0.15) is 33.6 Å². The number of methoxy groups -OCH3 is 2. The summed E-state index contributed by atoms with van der Waals surface area (Å²) in [4.78, 5) is 0. The van der Waals surface area contributed by atoms with Crippen LogP contribution in [0.5, 0.6) is 0 Å². The molecule has 26 heavy (non-hydrogen) atoms. The zero-order chi connectivity index (χ0) is 20.1. The van der Waals surface area contributed by atoms with E-state index < -0.39 is 0 Å². The molecule has 0 amide bonds. The van der Waals surface area contributed by atoms with E-state index in [0.717, 1.165) is 17.6 Å². The van der Waals surface area contributed by atoms with Gasteiger partial charge in [0.1, 0.15) is 18.1 Å². The van der Waals surface area contributed by atoms with Crippen LogP contribution in [-0.2, 0) is 14.2 Å². The van der Waals surface area contributed by atoms with Gasteiger partial charge in [-0.3, -0.25) is 0 Å². The van der Waals surface area contributed by atoms with E-state index in [1.807, 2.05) is 12.2 Å². The summed E-state index contributed by atoms with van der Waals surface area (Å²) in [6.07, 6.45) is 7.97. The van der Waals surface area contributed by atoms with E-state index in [1.165, 1.54) is 6.42 Å². The van der Waals surface area contributed by atoms with Crippen LogP contribution in [0.2, 0.25) is 0 Å². The molecule has 1 unspecified atom stereocenters. The van der Waals surface area contributed by atoms with Crippen LogP contribution in [0.3, 0.4) is 0 Å². The van der Waals surface area contributed by atoms with Crippen LogP contribution in [-0.4, -0.2) is 27.4 Å². The lowest BCUT2D eigenvalue weighted by atomic mass is 9.93. The van der Waals surface area contributed by atoms with Crippen molar-refractivity contribution in [2.45, 2.75) is 33.6 Å². The van der Waals surface area contributed by atoms with Crippen molar-refractivity contribution in [3.05, 3.63) is 72.8 Å². The maximum Gasteiger partial charge on any atom is 0.130 e. The molecule has 0 bridgehead atoms. The number of allylic oxidation sites excluding steroid dienone is 5. The van der Waals surface area contributed by atoms with Crippen molar-refractivity contribution in [1.82, 2.24) is 0 Å². The zero-order valence-corrected chi connectivity index (χ0v) is 17.3. The fourth-order valence-corrected chi connectivity index (χ4v) is 2.06. The van der Waals surface area contributed by atoms with Gasteiger partial charge in [-0.15, -0.1) is 0 Å². The van der Waals surface area contributed by atoms with Crippen molar-refractivity contribution in [2.75, 3.05) is 27.4 Å². The van der Waals surface area contributed by atoms with Crippen molar-refractivity contribution >= 4 is 0 Å². The maximum atomic E-state index is 5.74. The second-order valence-electron chi connectivity index (χ2n) is 6.80. The molecular weight excluding hydrogens is 324 g/mol. The molecule has 0 N–H and O–H groups in total. The fourth-order valence-electron chi connectivity index (χ4n) is 2.06. The highest BCUT2D eigenvalue weighted by Crippen LogP contribution is 2.23. The molecule has 0 rings (SSSR count). The third kappa shape index (κ3) is 10.1. The second kappa shape index (κ2) is 13.2. The van der Waals surface area contributed by atoms with Crippen LogP contribution in [0.25, 0.3) is 0 Å². The summed E-state index contributed by atoms with van der Waals surface area (Å²) in [5.74, 6) is 2.20. The molecule has 0 aromatic rings. The van der Waals surface area contributed by atoms with E-state index in [0.29, 0.717) is 42.1 Å². The van der Waals surface area contributed by atoms with E-state index in [9.17, 15) is 0 Å². The Hall–Kier alpha value is -2.00. The van der Waals surface area contributed by atoms with Gasteiger partial charge in [0, 0.05) is 18.8 Å². The molecule has 0 aliphatic heterocycles. The number of hydrogen-bond acceptors (Lipinski definition) is 3. The van der Waals surface area contributed by atoms with Crippen molar-refractivity contribution < 1.29 is 14.2 Å². The molecule has 0 radical (unpaired) electrons. The molecule has 0 fully saturated rings. The van der Waals surface area contributed by atoms with Crippen molar-refractivity contribution in [2.24, 2.45) is 11.8 Å².